The summed E-state index contributed by atoms with van der Waals surface area (Å²) in [5.74, 6) is 0.650. The van der Waals surface area contributed by atoms with E-state index in [1.165, 1.54) is 6.07 Å². The minimum absolute atomic E-state index is 0.190. The van der Waals surface area contributed by atoms with Crippen molar-refractivity contribution < 1.29 is 4.39 Å². The van der Waals surface area contributed by atoms with Gasteiger partial charge in [-0.1, -0.05) is 12.1 Å². The Bertz CT molecular complexity index is 543. The van der Waals surface area contributed by atoms with Gasteiger partial charge < -0.3 is 5.32 Å². The third kappa shape index (κ3) is 3.53. The van der Waals surface area contributed by atoms with Crippen LogP contribution in [0.3, 0.4) is 0 Å². The highest BCUT2D eigenvalue weighted by Crippen LogP contribution is 2.17. The first-order valence-corrected chi connectivity index (χ1v) is 6.55. The van der Waals surface area contributed by atoms with Gasteiger partial charge in [0, 0.05) is 17.2 Å². The molecule has 1 heterocycles. The molecule has 2 aromatic rings. The zero-order valence-electron chi connectivity index (χ0n) is 10.1. The highest BCUT2D eigenvalue weighted by molar-refractivity contribution is 9.10. The summed E-state index contributed by atoms with van der Waals surface area (Å²) in [6.45, 7) is 2.75. The summed E-state index contributed by atoms with van der Waals surface area (Å²) in [6.07, 6.45) is 2.55. The zero-order valence-corrected chi connectivity index (χ0v) is 11.7. The molecule has 18 heavy (non-hydrogen) atoms. The number of aryl methyl sites for hydroxylation is 1. The van der Waals surface area contributed by atoms with Crippen molar-refractivity contribution >= 4 is 21.7 Å². The molecule has 0 radical (unpaired) electrons. The average Bonchev–Trinajstić information content (AvgIpc) is 2.34. The van der Waals surface area contributed by atoms with E-state index in [4.69, 9.17) is 0 Å². The van der Waals surface area contributed by atoms with Gasteiger partial charge in [0.15, 0.2) is 0 Å². The molecule has 0 spiro atoms. The number of hydrogen-bond donors (Lipinski definition) is 1. The van der Waals surface area contributed by atoms with Gasteiger partial charge in [0.1, 0.15) is 11.6 Å². The van der Waals surface area contributed by atoms with E-state index in [-0.39, 0.29) is 5.82 Å². The second-order valence-electron chi connectivity index (χ2n) is 4.13. The Morgan fingerprint density at radius 1 is 1.33 bits per heavy atom. The van der Waals surface area contributed by atoms with E-state index < -0.39 is 0 Å². The van der Waals surface area contributed by atoms with Crippen LogP contribution in [0.25, 0.3) is 0 Å². The number of aromatic nitrogens is 1. The molecule has 0 unspecified atom stereocenters. The number of hydrogen-bond acceptors (Lipinski definition) is 2. The lowest BCUT2D eigenvalue weighted by Gasteiger charge is -2.07. The summed E-state index contributed by atoms with van der Waals surface area (Å²) in [5, 5.41) is 3.23. The zero-order chi connectivity index (χ0) is 13.0. The Hall–Kier alpha value is -1.42. The molecule has 0 aliphatic heterocycles. The molecule has 0 bridgehead atoms. The molecular formula is C14H14BrFN2. The van der Waals surface area contributed by atoms with Gasteiger partial charge in [-0.15, -0.1) is 0 Å². The smallest absolute Gasteiger partial charge is 0.126 e. The fourth-order valence-corrected chi connectivity index (χ4v) is 1.88. The monoisotopic (exact) mass is 308 g/mol. The second kappa shape index (κ2) is 5.96. The molecule has 0 fully saturated rings. The fourth-order valence-electron chi connectivity index (χ4n) is 1.66. The van der Waals surface area contributed by atoms with Crippen LogP contribution in [0.1, 0.15) is 11.1 Å². The molecule has 4 heteroatoms. The lowest BCUT2D eigenvalue weighted by molar-refractivity contribution is 0.625. The number of benzene rings is 1. The number of anilines is 1. The van der Waals surface area contributed by atoms with Crippen molar-refractivity contribution in [3.05, 3.63) is 57.9 Å². The van der Waals surface area contributed by atoms with Gasteiger partial charge in [-0.2, -0.15) is 0 Å². The quantitative estimate of drug-likeness (QED) is 0.925. The summed E-state index contributed by atoms with van der Waals surface area (Å²) in [4.78, 5) is 4.26. The van der Waals surface area contributed by atoms with Gasteiger partial charge in [-0.25, -0.2) is 9.37 Å². The third-order valence-corrected chi connectivity index (χ3v) is 3.49. The first-order chi connectivity index (χ1) is 8.65. The van der Waals surface area contributed by atoms with Crippen LogP contribution in [0.4, 0.5) is 10.2 Å². The minimum atomic E-state index is -0.190. The molecular weight excluding hydrogens is 295 g/mol. The van der Waals surface area contributed by atoms with Gasteiger partial charge in [-0.3, -0.25) is 0 Å². The molecule has 1 aromatic heterocycles. The van der Waals surface area contributed by atoms with Gasteiger partial charge in [-0.05, 0) is 58.6 Å². The van der Waals surface area contributed by atoms with Crippen LogP contribution in [0.5, 0.6) is 0 Å². The molecule has 2 nitrogen and oxygen atoms in total. The molecule has 0 aliphatic carbocycles. The molecule has 2 rings (SSSR count). The van der Waals surface area contributed by atoms with Crippen molar-refractivity contribution in [2.75, 3.05) is 11.9 Å². The molecule has 0 aliphatic rings. The van der Waals surface area contributed by atoms with Crippen LogP contribution in [0.2, 0.25) is 0 Å². The van der Waals surface area contributed by atoms with Crippen molar-refractivity contribution in [2.24, 2.45) is 0 Å². The summed E-state index contributed by atoms with van der Waals surface area (Å²) < 4.78 is 14.0. The number of nitrogens with zero attached hydrogens (tertiary/aromatic N) is 1. The first-order valence-electron chi connectivity index (χ1n) is 5.75. The molecule has 0 saturated carbocycles. The molecule has 0 amide bonds. The highest BCUT2D eigenvalue weighted by Gasteiger charge is 1.99. The normalized spacial score (nSPS) is 10.4. The van der Waals surface area contributed by atoms with E-state index in [0.29, 0.717) is 0 Å². The molecule has 0 atom stereocenters. The molecule has 1 N–H and O–H groups in total. The van der Waals surface area contributed by atoms with E-state index in [0.717, 1.165) is 34.4 Å². The fraction of sp³-hybridized carbons (Fsp3) is 0.214. The lowest BCUT2D eigenvalue weighted by Crippen LogP contribution is -2.06. The van der Waals surface area contributed by atoms with E-state index in [9.17, 15) is 4.39 Å². The van der Waals surface area contributed by atoms with Crippen molar-refractivity contribution in [3.63, 3.8) is 0 Å². The van der Waals surface area contributed by atoms with Crippen molar-refractivity contribution in [2.45, 2.75) is 13.3 Å². The number of rotatable bonds is 4. The van der Waals surface area contributed by atoms with Crippen molar-refractivity contribution in [1.29, 1.82) is 0 Å². The van der Waals surface area contributed by atoms with Crippen LogP contribution >= 0.6 is 15.9 Å². The van der Waals surface area contributed by atoms with E-state index in [1.807, 2.05) is 19.1 Å². The maximum Gasteiger partial charge on any atom is 0.126 e. The predicted octanol–water partition coefficient (Wildman–Crippen LogP) is 3.95. The number of pyridine rings is 1. The minimum Gasteiger partial charge on any atom is -0.370 e. The number of nitrogens with one attached hydrogen (secondary N) is 1. The summed E-state index contributed by atoms with van der Waals surface area (Å²) >= 11 is 3.41. The highest BCUT2D eigenvalue weighted by atomic mass is 79.9. The molecule has 0 saturated heterocycles. The van der Waals surface area contributed by atoms with Gasteiger partial charge in [0.05, 0.1) is 0 Å². The maximum absolute atomic E-state index is 13.0. The Labute approximate surface area is 114 Å². The Morgan fingerprint density at radius 2 is 2.17 bits per heavy atom. The predicted molar refractivity (Wildman–Crippen MR) is 75.3 cm³/mol. The second-order valence-corrected chi connectivity index (χ2v) is 4.98. The standard InChI is InChI=1S/C14H14BrFN2/c1-10-7-14(18-9-13(10)15)17-6-5-11-3-2-4-12(16)8-11/h2-4,7-9H,5-6H2,1H3,(H,17,18). The van der Waals surface area contributed by atoms with Gasteiger partial charge in [0.2, 0.25) is 0 Å². The van der Waals surface area contributed by atoms with Crippen LogP contribution < -0.4 is 5.32 Å². The number of halogens is 2. The van der Waals surface area contributed by atoms with E-state index >= 15 is 0 Å². The average molecular weight is 309 g/mol. The largest absolute Gasteiger partial charge is 0.370 e. The Morgan fingerprint density at radius 3 is 2.89 bits per heavy atom. The van der Waals surface area contributed by atoms with E-state index in [1.54, 1.807) is 18.3 Å². The van der Waals surface area contributed by atoms with Gasteiger partial charge in [0.25, 0.3) is 0 Å². The summed E-state index contributed by atoms with van der Waals surface area (Å²) in [5.41, 5.74) is 2.12. The van der Waals surface area contributed by atoms with Gasteiger partial charge >= 0.3 is 0 Å². The summed E-state index contributed by atoms with van der Waals surface area (Å²) in [7, 11) is 0. The van der Waals surface area contributed by atoms with Crippen LogP contribution in [0.15, 0.2) is 41.0 Å². The van der Waals surface area contributed by atoms with Crippen molar-refractivity contribution in [3.8, 4) is 0 Å². The van der Waals surface area contributed by atoms with Crippen LogP contribution in [-0.4, -0.2) is 11.5 Å². The topological polar surface area (TPSA) is 24.9 Å². The maximum atomic E-state index is 13.0. The van der Waals surface area contributed by atoms with Crippen molar-refractivity contribution in [1.82, 2.24) is 4.98 Å². The van der Waals surface area contributed by atoms with E-state index in [2.05, 4.69) is 26.2 Å². The Balaban J connectivity index is 1.90. The third-order valence-electron chi connectivity index (χ3n) is 2.66. The summed E-state index contributed by atoms with van der Waals surface area (Å²) in [6, 6.07) is 8.64. The molecule has 94 valence electrons. The lowest BCUT2D eigenvalue weighted by atomic mass is 10.1. The SMILES string of the molecule is Cc1cc(NCCc2cccc(F)c2)ncc1Br. The molecule has 1 aromatic carbocycles. The van der Waals surface area contributed by atoms with Crippen LogP contribution in [0, 0.1) is 12.7 Å². The van der Waals surface area contributed by atoms with Crippen LogP contribution in [-0.2, 0) is 6.42 Å². The first kappa shape index (κ1) is 13.0. The Kier molecular flexibility index (Phi) is 4.31.